The Morgan fingerprint density at radius 2 is 2.14 bits per heavy atom. The summed E-state index contributed by atoms with van der Waals surface area (Å²) in [5.74, 6) is 0.915. The Morgan fingerprint density at radius 1 is 1.33 bits per heavy atom. The van der Waals surface area contributed by atoms with E-state index in [1.807, 2.05) is 12.1 Å². The van der Waals surface area contributed by atoms with E-state index in [0.29, 0.717) is 33.4 Å². The molecule has 0 bridgehead atoms. The SMILES string of the molecule is Cc1nn(C)c(Oc2ccc(Cl)c3cccnc23)c1C=O. The number of pyridine rings is 1. The fourth-order valence-corrected chi connectivity index (χ4v) is 2.42. The molecule has 0 atom stereocenters. The standard InChI is InChI=1S/C15H12ClN3O2/c1-9-11(8-20)15(19(2)18-9)21-13-6-5-12(16)10-4-3-7-17-14(10)13/h3-8H,1-2H3. The molecule has 0 amide bonds. The summed E-state index contributed by atoms with van der Waals surface area (Å²) >= 11 is 6.16. The number of ether oxygens (including phenoxy) is 1. The van der Waals surface area contributed by atoms with Gasteiger partial charge in [0, 0.05) is 18.6 Å². The van der Waals surface area contributed by atoms with Crippen molar-refractivity contribution in [3.63, 3.8) is 0 Å². The lowest BCUT2D eigenvalue weighted by molar-refractivity contribution is 0.112. The molecule has 0 aliphatic heterocycles. The van der Waals surface area contributed by atoms with E-state index in [4.69, 9.17) is 16.3 Å². The minimum absolute atomic E-state index is 0.386. The molecule has 2 aromatic heterocycles. The summed E-state index contributed by atoms with van der Waals surface area (Å²) in [5.41, 5.74) is 1.69. The molecule has 0 fully saturated rings. The molecule has 106 valence electrons. The van der Waals surface area contributed by atoms with Gasteiger partial charge in [0.1, 0.15) is 5.52 Å². The second kappa shape index (κ2) is 5.18. The average Bonchev–Trinajstić information content (AvgIpc) is 2.76. The molecule has 0 saturated heterocycles. The quantitative estimate of drug-likeness (QED) is 0.694. The number of carbonyl (C=O) groups is 1. The summed E-state index contributed by atoms with van der Waals surface area (Å²) in [4.78, 5) is 15.5. The Labute approximate surface area is 126 Å². The number of hydrogen-bond donors (Lipinski definition) is 0. The smallest absolute Gasteiger partial charge is 0.228 e. The van der Waals surface area contributed by atoms with Crippen LogP contribution < -0.4 is 4.74 Å². The molecule has 2 heterocycles. The van der Waals surface area contributed by atoms with Crippen molar-refractivity contribution >= 4 is 28.8 Å². The zero-order valence-electron chi connectivity index (χ0n) is 11.5. The minimum Gasteiger partial charge on any atom is -0.436 e. The molecule has 0 radical (unpaired) electrons. The fourth-order valence-electron chi connectivity index (χ4n) is 2.21. The molecule has 0 spiro atoms. The number of aromatic nitrogens is 3. The summed E-state index contributed by atoms with van der Waals surface area (Å²) in [5, 5.41) is 5.58. The van der Waals surface area contributed by atoms with Crippen LogP contribution in [0.15, 0.2) is 30.5 Å². The number of aryl methyl sites for hydroxylation is 2. The van der Waals surface area contributed by atoms with Gasteiger partial charge in [-0.05, 0) is 31.2 Å². The van der Waals surface area contributed by atoms with E-state index < -0.39 is 0 Å². The number of carbonyl (C=O) groups excluding carboxylic acids is 1. The predicted molar refractivity (Wildman–Crippen MR) is 80.2 cm³/mol. The van der Waals surface area contributed by atoms with Crippen LogP contribution in [-0.2, 0) is 7.05 Å². The van der Waals surface area contributed by atoms with Crippen molar-refractivity contribution < 1.29 is 9.53 Å². The van der Waals surface area contributed by atoms with Crippen LogP contribution in [0.1, 0.15) is 16.1 Å². The van der Waals surface area contributed by atoms with Crippen LogP contribution in [0.25, 0.3) is 10.9 Å². The first-order valence-corrected chi connectivity index (χ1v) is 6.69. The van der Waals surface area contributed by atoms with Crippen LogP contribution in [0.3, 0.4) is 0 Å². The highest BCUT2D eigenvalue weighted by molar-refractivity contribution is 6.35. The van der Waals surface area contributed by atoms with Crippen molar-refractivity contribution in [2.75, 3.05) is 0 Å². The molecule has 0 aliphatic carbocycles. The Hall–Kier alpha value is -2.40. The van der Waals surface area contributed by atoms with Gasteiger partial charge in [-0.1, -0.05) is 11.6 Å². The molecule has 6 heteroatoms. The first kappa shape index (κ1) is 13.6. The van der Waals surface area contributed by atoms with E-state index in [1.165, 1.54) is 4.68 Å². The van der Waals surface area contributed by atoms with Gasteiger partial charge in [0.05, 0.1) is 16.3 Å². The number of aldehydes is 1. The van der Waals surface area contributed by atoms with Gasteiger partial charge < -0.3 is 4.74 Å². The molecule has 3 aromatic rings. The highest BCUT2D eigenvalue weighted by Crippen LogP contribution is 2.33. The monoisotopic (exact) mass is 301 g/mol. The first-order chi connectivity index (χ1) is 10.1. The number of benzene rings is 1. The fraction of sp³-hybridized carbons (Fsp3) is 0.133. The average molecular weight is 302 g/mol. The van der Waals surface area contributed by atoms with E-state index in [0.717, 1.165) is 11.7 Å². The van der Waals surface area contributed by atoms with Crippen LogP contribution >= 0.6 is 11.6 Å². The van der Waals surface area contributed by atoms with Gasteiger partial charge in [-0.15, -0.1) is 0 Å². The van der Waals surface area contributed by atoms with E-state index in [2.05, 4.69) is 10.1 Å². The maximum absolute atomic E-state index is 11.2. The summed E-state index contributed by atoms with van der Waals surface area (Å²) in [6.07, 6.45) is 2.41. The zero-order chi connectivity index (χ0) is 15.0. The lowest BCUT2D eigenvalue weighted by Gasteiger charge is -2.09. The maximum atomic E-state index is 11.2. The summed E-state index contributed by atoms with van der Waals surface area (Å²) in [6, 6.07) is 7.15. The van der Waals surface area contributed by atoms with Crippen LogP contribution in [0.4, 0.5) is 0 Å². The molecule has 5 nitrogen and oxygen atoms in total. The number of rotatable bonds is 3. The lowest BCUT2D eigenvalue weighted by Crippen LogP contribution is -1.98. The first-order valence-electron chi connectivity index (χ1n) is 6.31. The van der Waals surface area contributed by atoms with Gasteiger partial charge in [-0.3, -0.25) is 9.78 Å². The Morgan fingerprint density at radius 3 is 2.90 bits per heavy atom. The van der Waals surface area contributed by atoms with Crippen molar-refractivity contribution in [3.8, 4) is 11.6 Å². The summed E-state index contributed by atoms with van der Waals surface area (Å²) in [7, 11) is 1.72. The Balaban J connectivity index is 2.15. The van der Waals surface area contributed by atoms with Crippen molar-refractivity contribution in [2.45, 2.75) is 6.92 Å². The molecule has 1 aromatic carbocycles. The van der Waals surface area contributed by atoms with Crippen LogP contribution in [0.5, 0.6) is 11.6 Å². The van der Waals surface area contributed by atoms with Crippen molar-refractivity contribution in [2.24, 2.45) is 7.05 Å². The van der Waals surface area contributed by atoms with Gasteiger partial charge >= 0.3 is 0 Å². The molecule has 0 aliphatic rings. The molecule has 0 saturated carbocycles. The van der Waals surface area contributed by atoms with Gasteiger partial charge in [0.2, 0.25) is 5.88 Å². The summed E-state index contributed by atoms with van der Waals surface area (Å²) in [6.45, 7) is 1.76. The van der Waals surface area contributed by atoms with Gasteiger partial charge in [-0.2, -0.15) is 5.10 Å². The topological polar surface area (TPSA) is 57.0 Å². The number of halogens is 1. The lowest BCUT2D eigenvalue weighted by atomic mass is 10.2. The molecular weight excluding hydrogens is 290 g/mol. The third-order valence-corrected chi connectivity index (χ3v) is 3.55. The predicted octanol–water partition coefficient (Wildman–Crippen LogP) is 3.53. The highest BCUT2D eigenvalue weighted by atomic mass is 35.5. The Bertz CT molecular complexity index is 842. The zero-order valence-corrected chi connectivity index (χ0v) is 12.3. The molecule has 0 N–H and O–H groups in total. The van der Waals surface area contributed by atoms with Crippen LogP contribution in [0, 0.1) is 6.92 Å². The largest absolute Gasteiger partial charge is 0.436 e. The van der Waals surface area contributed by atoms with Crippen molar-refractivity contribution in [3.05, 3.63) is 46.7 Å². The molecule has 3 rings (SSSR count). The van der Waals surface area contributed by atoms with Crippen molar-refractivity contribution in [1.82, 2.24) is 14.8 Å². The number of fused-ring (bicyclic) bond motifs is 1. The van der Waals surface area contributed by atoms with Gasteiger partial charge in [0.25, 0.3) is 0 Å². The third-order valence-electron chi connectivity index (χ3n) is 3.22. The second-order valence-electron chi connectivity index (χ2n) is 4.59. The van der Waals surface area contributed by atoms with E-state index in [-0.39, 0.29) is 0 Å². The summed E-state index contributed by atoms with van der Waals surface area (Å²) < 4.78 is 7.40. The second-order valence-corrected chi connectivity index (χ2v) is 5.00. The van der Waals surface area contributed by atoms with Crippen LogP contribution in [-0.4, -0.2) is 21.1 Å². The van der Waals surface area contributed by atoms with Crippen LogP contribution in [0.2, 0.25) is 5.02 Å². The van der Waals surface area contributed by atoms with Gasteiger partial charge in [-0.25, -0.2) is 4.68 Å². The maximum Gasteiger partial charge on any atom is 0.228 e. The van der Waals surface area contributed by atoms with E-state index in [1.54, 1.807) is 32.3 Å². The van der Waals surface area contributed by atoms with Gasteiger partial charge in [0.15, 0.2) is 12.0 Å². The number of hydrogen-bond acceptors (Lipinski definition) is 4. The van der Waals surface area contributed by atoms with E-state index >= 15 is 0 Å². The Kier molecular flexibility index (Phi) is 3.35. The molecule has 21 heavy (non-hydrogen) atoms. The normalized spacial score (nSPS) is 10.8. The molecule has 0 unspecified atom stereocenters. The van der Waals surface area contributed by atoms with Crippen molar-refractivity contribution in [1.29, 1.82) is 0 Å². The third kappa shape index (κ3) is 2.25. The highest BCUT2D eigenvalue weighted by Gasteiger charge is 2.16. The number of nitrogens with zero attached hydrogens (tertiary/aromatic N) is 3. The minimum atomic E-state index is 0.386. The molecular formula is C15H12ClN3O2. The van der Waals surface area contributed by atoms with E-state index in [9.17, 15) is 4.79 Å².